The molecule has 3 nitrogen and oxygen atoms in total. The van der Waals surface area contributed by atoms with Gasteiger partial charge in [-0.05, 0) is 30.0 Å². The first-order valence-corrected chi connectivity index (χ1v) is 6.75. The Kier molecular flexibility index (Phi) is 5.20. The van der Waals surface area contributed by atoms with Gasteiger partial charge in [-0.2, -0.15) is 0 Å². The average Bonchev–Trinajstić information content (AvgIpc) is 2.27. The number of rotatable bonds is 5. The third-order valence-electron chi connectivity index (χ3n) is 2.91. The van der Waals surface area contributed by atoms with Crippen LogP contribution in [-0.4, -0.2) is 18.2 Å². The van der Waals surface area contributed by atoms with Crippen LogP contribution in [0.5, 0.6) is 5.75 Å². The molecule has 1 aromatic rings. The van der Waals surface area contributed by atoms with Gasteiger partial charge >= 0.3 is 5.97 Å². The highest BCUT2D eigenvalue weighted by Crippen LogP contribution is 2.35. The summed E-state index contributed by atoms with van der Waals surface area (Å²) in [5.74, 6) is -0.0169. The number of aliphatic carboxylic acids is 1. The van der Waals surface area contributed by atoms with E-state index < -0.39 is 11.9 Å². The summed E-state index contributed by atoms with van der Waals surface area (Å²) in [6.45, 7) is 5.91. The molecule has 0 radical (unpaired) electrons. The van der Waals surface area contributed by atoms with E-state index in [1.54, 1.807) is 14.0 Å². The molecule has 0 heterocycles. The second-order valence-corrected chi connectivity index (χ2v) is 5.65. The number of hydrogen-bond acceptors (Lipinski definition) is 2. The van der Waals surface area contributed by atoms with Crippen molar-refractivity contribution in [1.82, 2.24) is 0 Å². The lowest BCUT2D eigenvalue weighted by molar-refractivity contribution is -0.141. The van der Waals surface area contributed by atoms with Crippen molar-refractivity contribution in [2.24, 2.45) is 5.92 Å². The van der Waals surface area contributed by atoms with E-state index in [9.17, 15) is 4.79 Å². The fraction of sp³-hybridized carbons (Fsp3) is 0.500. The standard InChI is InChI=1S/C14H19BrO3/c1-8(2)13-11(15)6-10(7-12(13)18-4)5-9(3)14(16)17/h6-9H,5H2,1-4H3,(H,16,17). The Hall–Kier alpha value is -1.03. The van der Waals surface area contributed by atoms with Gasteiger partial charge in [-0.3, -0.25) is 4.79 Å². The van der Waals surface area contributed by atoms with E-state index in [0.29, 0.717) is 12.3 Å². The van der Waals surface area contributed by atoms with Gasteiger partial charge in [0.2, 0.25) is 0 Å². The molecule has 0 aliphatic rings. The molecule has 0 aliphatic carbocycles. The molecule has 1 N–H and O–H groups in total. The van der Waals surface area contributed by atoms with Crippen molar-refractivity contribution in [3.63, 3.8) is 0 Å². The summed E-state index contributed by atoms with van der Waals surface area (Å²) in [5.41, 5.74) is 2.09. The summed E-state index contributed by atoms with van der Waals surface area (Å²) < 4.78 is 6.37. The van der Waals surface area contributed by atoms with E-state index in [-0.39, 0.29) is 0 Å². The van der Waals surface area contributed by atoms with Crippen LogP contribution in [0.25, 0.3) is 0 Å². The normalized spacial score (nSPS) is 12.6. The summed E-state index contributed by atoms with van der Waals surface area (Å²) in [6, 6.07) is 3.91. The third-order valence-corrected chi connectivity index (χ3v) is 3.57. The van der Waals surface area contributed by atoms with Gasteiger partial charge in [0.25, 0.3) is 0 Å². The topological polar surface area (TPSA) is 46.5 Å². The molecule has 18 heavy (non-hydrogen) atoms. The van der Waals surface area contributed by atoms with Crippen molar-refractivity contribution in [2.75, 3.05) is 7.11 Å². The summed E-state index contributed by atoms with van der Waals surface area (Å²) in [5, 5.41) is 8.94. The quantitative estimate of drug-likeness (QED) is 0.898. The van der Waals surface area contributed by atoms with E-state index in [0.717, 1.165) is 21.3 Å². The zero-order chi connectivity index (χ0) is 13.9. The first-order chi connectivity index (χ1) is 8.36. The Balaban J connectivity index is 3.11. The van der Waals surface area contributed by atoms with E-state index >= 15 is 0 Å². The minimum atomic E-state index is -0.780. The van der Waals surface area contributed by atoms with Crippen LogP contribution in [0, 0.1) is 5.92 Å². The second kappa shape index (κ2) is 6.23. The fourth-order valence-corrected chi connectivity index (χ4v) is 2.88. The van der Waals surface area contributed by atoms with Crippen molar-refractivity contribution in [3.8, 4) is 5.75 Å². The van der Waals surface area contributed by atoms with Crippen molar-refractivity contribution in [3.05, 3.63) is 27.7 Å². The van der Waals surface area contributed by atoms with Crippen molar-refractivity contribution >= 4 is 21.9 Å². The maximum Gasteiger partial charge on any atom is 0.306 e. The summed E-state index contributed by atoms with van der Waals surface area (Å²) in [4.78, 5) is 10.9. The molecule has 0 saturated carbocycles. The van der Waals surface area contributed by atoms with Gasteiger partial charge in [0.1, 0.15) is 5.75 Å². The maximum absolute atomic E-state index is 10.9. The molecule has 0 fully saturated rings. The Bertz CT molecular complexity index is 441. The van der Waals surface area contributed by atoms with Crippen molar-refractivity contribution < 1.29 is 14.6 Å². The Labute approximate surface area is 116 Å². The molecular formula is C14H19BrO3. The van der Waals surface area contributed by atoms with Gasteiger partial charge in [-0.15, -0.1) is 0 Å². The van der Waals surface area contributed by atoms with Crippen molar-refractivity contribution in [2.45, 2.75) is 33.1 Å². The molecule has 1 aromatic carbocycles. The predicted octanol–water partition coefficient (Wildman–Crippen LogP) is 3.84. The number of benzene rings is 1. The molecule has 0 aromatic heterocycles. The SMILES string of the molecule is COc1cc(CC(C)C(=O)O)cc(Br)c1C(C)C. The van der Waals surface area contributed by atoms with Crippen LogP contribution < -0.4 is 4.74 Å². The molecule has 100 valence electrons. The third kappa shape index (κ3) is 3.48. The largest absolute Gasteiger partial charge is 0.496 e. The van der Waals surface area contributed by atoms with Crippen LogP contribution in [0.3, 0.4) is 0 Å². The predicted molar refractivity (Wildman–Crippen MR) is 75.3 cm³/mol. The molecule has 1 atom stereocenters. The first-order valence-electron chi connectivity index (χ1n) is 5.95. The van der Waals surface area contributed by atoms with Crippen LogP contribution in [0.4, 0.5) is 0 Å². The highest BCUT2D eigenvalue weighted by Gasteiger charge is 2.16. The molecular weight excluding hydrogens is 296 g/mol. The second-order valence-electron chi connectivity index (χ2n) is 4.79. The zero-order valence-corrected chi connectivity index (χ0v) is 12.7. The van der Waals surface area contributed by atoms with Gasteiger partial charge in [-0.25, -0.2) is 0 Å². The van der Waals surface area contributed by atoms with E-state index in [1.165, 1.54) is 0 Å². The molecule has 0 saturated heterocycles. The smallest absolute Gasteiger partial charge is 0.306 e. The number of hydrogen-bond donors (Lipinski definition) is 1. The van der Waals surface area contributed by atoms with Crippen molar-refractivity contribution in [1.29, 1.82) is 0 Å². The molecule has 1 unspecified atom stereocenters. The van der Waals surface area contributed by atoms with Crippen LogP contribution in [0.15, 0.2) is 16.6 Å². The minimum absolute atomic E-state index is 0.347. The molecule has 0 amide bonds. The Morgan fingerprint density at radius 1 is 1.39 bits per heavy atom. The van der Waals surface area contributed by atoms with Gasteiger partial charge in [0.05, 0.1) is 13.0 Å². The highest BCUT2D eigenvalue weighted by atomic mass is 79.9. The molecule has 1 rings (SSSR count). The van der Waals surface area contributed by atoms with Crippen LogP contribution >= 0.6 is 15.9 Å². The van der Waals surface area contributed by atoms with Crippen LogP contribution in [-0.2, 0) is 11.2 Å². The molecule has 0 spiro atoms. The number of ether oxygens (including phenoxy) is 1. The van der Waals surface area contributed by atoms with Gasteiger partial charge in [0.15, 0.2) is 0 Å². The summed E-state index contributed by atoms with van der Waals surface area (Å²) >= 11 is 3.54. The van der Waals surface area contributed by atoms with Crippen LogP contribution in [0.1, 0.15) is 37.8 Å². The van der Waals surface area contributed by atoms with E-state index in [1.807, 2.05) is 12.1 Å². The summed E-state index contributed by atoms with van der Waals surface area (Å²) in [7, 11) is 1.64. The zero-order valence-electron chi connectivity index (χ0n) is 11.2. The molecule has 4 heteroatoms. The van der Waals surface area contributed by atoms with E-state index in [2.05, 4.69) is 29.8 Å². The maximum atomic E-state index is 10.9. The summed E-state index contributed by atoms with van der Waals surface area (Å²) in [6.07, 6.45) is 0.503. The first kappa shape index (κ1) is 15.0. The van der Waals surface area contributed by atoms with E-state index in [4.69, 9.17) is 9.84 Å². The average molecular weight is 315 g/mol. The van der Waals surface area contributed by atoms with Crippen LogP contribution in [0.2, 0.25) is 0 Å². The Morgan fingerprint density at radius 3 is 2.44 bits per heavy atom. The fourth-order valence-electron chi connectivity index (χ4n) is 1.93. The lowest BCUT2D eigenvalue weighted by Crippen LogP contribution is -2.12. The number of methoxy groups -OCH3 is 1. The lowest BCUT2D eigenvalue weighted by atomic mass is 9.96. The highest BCUT2D eigenvalue weighted by molar-refractivity contribution is 9.10. The number of halogens is 1. The number of carbonyl (C=O) groups is 1. The Morgan fingerprint density at radius 2 is 2.00 bits per heavy atom. The van der Waals surface area contributed by atoms with Gasteiger partial charge in [-0.1, -0.05) is 36.7 Å². The van der Waals surface area contributed by atoms with Gasteiger partial charge in [0, 0.05) is 10.0 Å². The van der Waals surface area contributed by atoms with Gasteiger partial charge < -0.3 is 9.84 Å². The molecule has 0 aliphatic heterocycles. The number of carboxylic acids is 1. The minimum Gasteiger partial charge on any atom is -0.496 e. The monoisotopic (exact) mass is 314 g/mol. The molecule has 0 bridgehead atoms. The lowest BCUT2D eigenvalue weighted by Gasteiger charge is -2.16. The number of carboxylic acid groups (broad SMARTS) is 1.